The summed E-state index contributed by atoms with van der Waals surface area (Å²) in [6, 6.07) is 10.7. The highest BCUT2D eigenvalue weighted by atomic mass is 16.3. The summed E-state index contributed by atoms with van der Waals surface area (Å²) in [6.45, 7) is 3.80. The van der Waals surface area contributed by atoms with E-state index in [0.717, 1.165) is 11.1 Å². The summed E-state index contributed by atoms with van der Waals surface area (Å²) < 4.78 is 0. The molecule has 0 radical (unpaired) electrons. The van der Waals surface area contributed by atoms with Crippen LogP contribution in [-0.2, 0) is 0 Å². The van der Waals surface area contributed by atoms with E-state index in [1.54, 1.807) is 18.3 Å². The molecule has 1 atom stereocenters. The van der Waals surface area contributed by atoms with Gasteiger partial charge in [-0.15, -0.1) is 0 Å². The number of nitrogen functional groups attached to an aromatic ring is 1. The summed E-state index contributed by atoms with van der Waals surface area (Å²) in [5, 5.41) is 12.5. The maximum Gasteiger partial charge on any atom is 0.168 e. The van der Waals surface area contributed by atoms with Gasteiger partial charge in [0, 0.05) is 35.1 Å². The molecule has 138 valence electrons. The Morgan fingerprint density at radius 2 is 2.04 bits per heavy atom. The molecule has 0 saturated carbocycles. The molecule has 0 aliphatic heterocycles. The minimum absolute atomic E-state index is 0.0312. The lowest BCUT2D eigenvalue weighted by Crippen LogP contribution is -2.20. The fourth-order valence-electron chi connectivity index (χ4n) is 2.65. The van der Waals surface area contributed by atoms with Crippen LogP contribution in [0.3, 0.4) is 0 Å². The molecule has 3 aromatic rings. The van der Waals surface area contributed by atoms with Crippen LogP contribution in [0.25, 0.3) is 22.6 Å². The second kappa shape index (κ2) is 7.92. The third-order valence-corrected chi connectivity index (χ3v) is 4.09. The van der Waals surface area contributed by atoms with E-state index in [-0.39, 0.29) is 12.6 Å². The first-order valence-corrected chi connectivity index (χ1v) is 8.54. The Balaban J connectivity index is 2.16. The van der Waals surface area contributed by atoms with Gasteiger partial charge in [-0.3, -0.25) is 9.78 Å². The van der Waals surface area contributed by atoms with Gasteiger partial charge < -0.3 is 16.2 Å². The van der Waals surface area contributed by atoms with Crippen molar-refractivity contribution >= 4 is 17.8 Å². The van der Waals surface area contributed by atoms with E-state index in [4.69, 9.17) is 5.73 Å². The topological polar surface area (TPSA) is 114 Å². The SMILES string of the molecule is Cc1ccc(N)cc1-c1cc(N[C@H](C)CO)nc(-c2ccnc(C=O)c2)n1. The van der Waals surface area contributed by atoms with Crippen LogP contribution < -0.4 is 11.1 Å². The summed E-state index contributed by atoms with van der Waals surface area (Å²) in [4.78, 5) is 24.2. The monoisotopic (exact) mass is 363 g/mol. The summed E-state index contributed by atoms with van der Waals surface area (Å²) in [6.07, 6.45) is 2.23. The minimum atomic E-state index is -0.175. The molecule has 2 aromatic heterocycles. The van der Waals surface area contributed by atoms with Gasteiger partial charge in [-0.2, -0.15) is 0 Å². The maximum absolute atomic E-state index is 11.1. The standard InChI is InChI=1S/C20H21N5O2/c1-12-3-4-15(21)8-17(12)18-9-19(23-13(2)10-26)25-20(24-18)14-5-6-22-16(7-14)11-27/h3-9,11,13,26H,10,21H2,1-2H3,(H,23,24,25)/t13-/m1/s1. The van der Waals surface area contributed by atoms with Crippen molar-refractivity contribution in [1.29, 1.82) is 0 Å². The first-order valence-electron chi connectivity index (χ1n) is 8.54. The predicted molar refractivity (Wildman–Crippen MR) is 105 cm³/mol. The van der Waals surface area contributed by atoms with Crippen LogP contribution in [0.4, 0.5) is 11.5 Å². The Hall–Kier alpha value is -3.32. The Morgan fingerprint density at radius 1 is 1.22 bits per heavy atom. The largest absolute Gasteiger partial charge is 0.399 e. The van der Waals surface area contributed by atoms with Gasteiger partial charge in [0.1, 0.15) is 11.5 Å². The van der Waals surface area contributed by atoms with E-state index in [1.807, 2.05) is 38.1 Å². The van der Waals surface area contributed by atoms with E-state index in [1.165, 1.54) is 0 Å². The van der Waals surface area contributed by atoms with Crippen LogP contribution in [0.1, 0.15) is 23.0 Å². The highest BCUT2D eigenvalue weighted by molar-refractivity contribution is 5.76. The van der Waals surface area contributed by atoms with Crippen LogP contribution >= 0.6 is 0 Å². The molecule has 4 N–H and O–H groups in total. The Kier molecular flexibility index (Phi) is 5.42. The molecule has 0 bridgehead atoms. The molecule has 2 heterocycles. The number of nitrogens with zero attached hydrogens (tertiary/aromatic N) is 3. The lowest BCUT2D eigenvalue weighted by molar-refractivity contribution is 0.111. The zero-order valence-electron chi connectivity index (χ0n) is 15.2. The molecule has 0 unspecified atom stereocenters. The fourth-order valence-corrected chi connectivity index (χ4v) is 2.65. The number of aliphatic hydroxyl groups is 1. The first-order chi connectivity index (χ1) is 13.0. The predicted octanol–water partition coefficient (Wildman–Crippen LogP) is 2.70. The summed E-state index contributed by atoms with van der Waals surface area (Å²) in [5.74, 6) is 1.02. The number of nitrogens with two attached hydrogens (primary N) is 1. The summed E-state index contributed by atoms with van der Waals surface area (Å²) in [5.41, 5.74) is 10.2. The van der Waals surface area contributed by atoms with E-state index in [0.29, 0.717) is 40.6 Å². The van der Waals surface area contributed by atoms with Gasteiger partial charge in [0.05, 0.1) is 12.3 Å². The van der Waals surface area contributed by atoms with Crippen LogP contribution in [0.15, 0.2) is 42.6 Å². The molecule has 3 rings (SSSR count). The number of hydrogen-bond donors (Lipinski definition) is 3. The zero-order chi connectivity index (χ0) is 19.4. The van der Waals surface area contributed by atoms with Crippen molar-refractivity contribution in [3.8, 4) is 22.6 Å². The normalized spacial score (nSPS) is 11.8. The number of rotatable bonds is 6. The number of aldehydes is 1. The van der Waals surface area contributed by atoms with Crippen molar-refractivity contribution in [2.24, 2.45) is 0 Å². The Bertz CT molecular complexity index is 974. The van der Waals surface area contributed by atoms with Gasteiger partial charge in [-0.25, -0.2) is 9.97 Å². The second-order valence-corrected chi connectivity index (χ2v) is 6.35. The number of hydrogen-bond acceptors (Lipinski definition) is 7. The number of benzene rings is 1. The van der Waals surface area contributed by atoms with Crippen LogP contribution in [0.5, 0.6) is 0 Å². The van der Waals surface area contributed by atoms with Crippen LogP contribution in [0, 0.1) is 6.92 Å². The molecule has 0 spiro atoms. The molecule has 0 aliphatic rings. The molecular formula is C20H21N5O2. The molecule has 1 aromatic carbocycles. The number of nitrogens with one attached hydrogen (secondary N) is 1. The van der Waals surface area contributed by atoms with Crippen molar-refractivity contribution in [2.45, 2.75) is 19.9 Å². The average molecular weight is 363 g/mol. The second-order valence-electron chi connectivity index (χ2n) is 6.35. The highest BCUT2D eigenvalue weighted by Crippen LogP contribution is 2.28. The third-order valence-electron chi connectivity index (χ3n) is 4.09. The molecule has 7 heteroatoms. The molecule has 0 aliphatic carbocycles. The fraction of sp³-hybridized carbons (Fsp3) is 0.200. The van der Waals surface area contributed by atoms with Crippen LogP contribution in [-0.4, -0.2) is 39.0 Å². The lowest BCUT2D eigenvalue weighted by atomic mass is 10.0. The number of carbonyl (C=O) groups is 1. The van der Waals surface area contributed by atoms with E-state index in [2.05, 4.69) is 20.3 Å². The van der Waals surface area contributed by atoms with Gasteiger partial charge in [0.15, 0.2) is 12.1 Å². The number of pyridine rings is 1. The van der Waals surface area contributed by atoms with Crippen molar-refractivity contribution in [3.05, 3.63) is 53.9 Å². The van der Waals surface area contributed by atoms with Crippen molar-refractivity contribution in [3.63, 3.8) is 0 Å². The third kappa shape index (κ3) is 4.27. The van der Waals surface area contributed by atoms with Gasteiger partial charge in [-0.1, -0.05) is 6.07 Å². The van der Waals surface area contributed by atoms with E-state index < -0.39 is 0 Å². The highest BCUT2D eigenvalue weighted by Gasteiger charge is 2.13. The smallest absolute Gasteiger partial charge is 0.168 e. The molecule has 7 nitrogen and oxygen atoms in total. The molecule has 0 saturated heterocycles. The summed E-state index contributed by atoms with van der Waals surface area (Å²) in [7, 11) is 0. The van der Waals surface area contributed by atoms with Gasteiger partial charge >= 0.3 is 0 Å². The van der Waals surface area contributed by atoms with E-state index >= 15 is 0 Å². The zero-order valence-corrected chi connectivity index (χ0v) is 15.2. The van der Waals surface area contributed by atoms with E-state index in [9.17, 15) is 9.90 Å². The van der Waals surface area contributed by atoms with Crippen molar-refractivity contribution < 1.29 is 9.90 Å². The number of aryl methyl sites for hydroxylation is 1. The molecule has 0 fully saturated rings. The van der Waals surface area contributed by atoms with Crippen molar-refractivity contribution in [1.82, 2.24) is 15.0 Å². The molecule has 0 amide bonds. The van der Waals surface area contributed by atoms with Gasteiger partial charge in [-0.05, 0) is 43.7 Å². The minimum Gasteiger partial charge on any atom is -0.399 e. The number of carbonyl (C=O) groups excluding carboxylic acids is 1. The Morgan fingerprint density at radius 3 is 2.78 bits per heavy atom. The lowest BCUT2D eigenvalue weighted by Gasteiger charge is -2.15. The maximum atomic E-state index is 11.1. The summed E-state index contributed by atoms with van der Waals surface area (Å²) >= 11 is 0. The molecular weight excluding hydrogens is 342 g/mol. The number of aliphatic hydroxyl groups excluding tert-OH is 1. The number of aromatic nitrogens is 3. The van der Waals surface area contributed by atoms with Gasteiger partial charge in [0.25, 0.3) is 0 Å². The number of anilines is 2. The average Bonchev–Trinajstić information content (AvgIpc) is 2.69. The molecule has 27 heavy (non-hydrogen) atoms. The van der Waals surface area contributed by atoms with Crippen molar-refractivity contribution in [2.75, 3.05) is 17.7 Å². The first kappa shape index (κ1) is 18.5. The van der Waals surface area contributed by atoms with Gasteiger partial charge in [0.2, 0.25) is 0 Å². The quantitative estimate of drug-likeness (QED) is 0.456. The van der Waals surface area contributed by atoms with Crippen LogP contribution in [0.2, 0.25) is 0 Å². The Labute approximate surface area is 157 Å².